The molecule has 1 aliphatic carbocycles. The maximum atomic E-state index is 11.9. The third-order valence-electron chi connectivity index (χ3n) is 4.67. The molecule has 1 fully saturated rings. The normalized spacial score (nSPS) is 21.9. The van der Waals surface area contributed by atoms with Gasteiger partial charge in [0.25, 0.3) is 0 Å². The Balaban J connectivity index is 1.36. The van der Waals surface area contributed by atoms with E-state index < -0.39 is 0 Å². The first-order valence-corrected chi connectivity index (χ1v) is 7.85. The lowest BCUT2D eigenvalue weighted by atomic mass is 10.0. The molecule has 1 unspecified atom stereocenters. The van der Waals surface area contributed by atoms with Crippen LogP contribution in [0.2, 0.25) is 0 Å². The molecule has 3 rings (SSSR count). The van der Waals surface area contributed by atoms with E-state index in [4.69, 9.17) is 0 Å². The molecule has 0 aromatic heterocycles. The standard InChI is InChI=1S/C17H24N2O/c20-17(6-5-13-7-8-18-11-13)19-12-14-9-15-3-1-2-4-16(15)10-14/h1-4,13-14,18H,5-12H2,(H,19,20). The number of carbonyl (C=O) groups excluding carboxylic acids is 1. The van der Waals surface area contributed by atoms with E-state index in [-0.39, 0.29) is 5.91 Å². The average Bonchev–Trinajstić information content (AvgIpc) is 3.11. The number of nitrogens with one attached hydrogen (secondary N) is 2. The lowest BCUT2D eigenvalue weighted by Crippen LogP contribution is -2.29. The molecule has 1 aliphatic heterocycles. The van der Waals surface area contributed by atoms with E-state index in [2.05, 4.69) is 34.9 Å². The van der Waals surface area contributed by atoms with Gasteiger partial charge in [-0.1, -0.05) is 24.3 Å². The summed E-state index contributed by atoms with van der Waals surface area (Å²) < 4.78 is 0. The summed E-state index contributed by atoms with van der Waals surface area (Å²) in [5.41, 5.74) is 2.92. The second-order valence-electron chi connectivity index (χ2n) is 6.24. The van der Waals surface area contributed by atoms with Crippen molar-refractivity contribution in [1.82, 2.24) is 10.6 Å². The second-order valence-corrected chi connectivity index (χ2v) is 6.24. The van der Waals surface area contributed by atoms with Gasteiger partial charge in [0.1, 0.15) is 0 Å². The number of amides is 1. The lowest BCUT2D eigenvalue weighted by molar-refractivity contribution is -0.121. The molecule has 0 bridgehead atoms. The molecule has 1 saturated heterocycles. The van der Waals surface area contributed by atoms with Gasteiger partial charge in [-0.05, 0) is 61.7 Å². The van der Waals surface area contributed by atoms with Crippen molar-refractivity contribution >= 4 is 5.91 Å². The topological polar surface area (TPSA) is 41.1 Å². The molecule has 3 heteroatoms. The Hall–Kier alpha value is -1.35. The fourth-order valence-corrected chi connectivity index (χ4v) is 3.44. The minimum Gasteiger partial charge on any atom is -0.356 e. The van der Waals surface area contributed by atoms with Crippen molar-refractivity contribution in [1.29, 1.82) is 0 Å². The Morgan fingerprint density at radius 3 is 2.60 bits per heavy atom. The largest absolute Gasteiger partial charge is 0.356 e. The van der Waals surface area contributed by atoms with E-state index in [0.717, 1.165) is 38.9 Å². The summed E-state index contributed by atoms with van der Waals surface area (Å²) in [6.07, 6.45) is 5.17. The van der Waals surface area contributed by atoms with E-state index in [1.807, 2.05) is 0 Å². The Morgan fingerprint density at radius 1 is 1.20 bits per heavy atom. The van der Waals surface area contributed by atoms with Crippen LogP contribution in [0.4, 0.5) is 0 Å². The first-order valence-electron chi connectivity index (χ1n) is 7.85. The number of fused-ring (bicyclic) bond motifs is 1. The van der Waals surface area contributed by atoms with Crippen molar-refractivity contribution in [2.45, 2.75) is 32.1 Å². The average molecular weight is 272 g/mol. The molecule has 0 radical (unpaired) electrons. The zero-order valence-corrected chi connectivity index (χ0v) is 12.0. The van der Waals surface area contributed by atoms with E-state index >= 15 is 0 Å². The van der Waals surface area contributed by atoms with Crippen LogP contribution in [0.25, 0.3) is 0 Å². The van der Waals surface area contributed by atoms with Gasteiger partial charge in [-0.25, -0.2) is 0 Å². The number of benzene rings is 1. The molecule has 2 N–H and O–H groups in total. The van der Waals surface area contributed by atoms with Crippen LogP contribution in [0, 0.1) is 11.8 Å². The Labute approximate surface area is 121 Å². The van der Waals surface area contributed by atoms with Crippen molar-refractivity contribution in [3.8, 4) is 0 Å². The highest BCUT2D eigenvalue weighted by molar-refractivity contribution is 5.75. The zero-order valence-electron chi connectivity index (χ0n) is 12.0. The van der Waals surface area contributed by atoms with E-state index in [1.54, 1.807) is 0 Å². The summed E-state index contributed by atoms with van der Waals surface area (Å²) >= 11 is 0. The molecule has 0 saturated carbocycles. The van der Waals surface area contributed by atoms with Crippen molar-refractivity contribution in [2.75, 3.05) is 19.6 Å². The summed E-state index contributed by atoms with van der Waals surface area (Å²) in [7, 11) is 0. The van der Waals surface area contributed by atoms with Gasteiger partial charge in [-0.2, -0.15) is 0 Å². The van der Waals surface area contributed by atoms with Gasteiger partial charge in [0, 0.05) is 13.0 Å². The minimum atomic E-state index is 0.229. The molecule has 3 nitrogen and oxygen atoms in total. The molecule has 1 aromatic carbocycles. The molecule has 0 spiro atoms. The van der Waals surface area contributed by atoms with Crippen LogP contribution in [0.3, 0.4) is 0 Å². The second kappa shape index (κ2) is 6.40. The molecule has 1 heterocycles. The SMILES string of the molecule is O=C(CCC1CCNC1)NCC1Cc2ccccc2C1. The van der Waals surface area contributed by atoms with Crippen LogP contribution < -0.4 is 10.6 Å². The highest BCUT2D eigenvalue weighted by Gasteiger charge is 2.21. The lowest BCUT2D eigenvalue weighted by Gasteiger charge is -2.12. The van der Waals surface area contributed by atoms with E-state index in [1.165, 1.54) is 17.5 Å². The first kappa shape index (κ1) is 13.6. The summed E-state index contributed by atoms with van der Waals surface area (Å²) in [5, 5.41) is 6.48. The van der Waals surface area contributed by atoms with Crippen LogP contribution in [-0.4, -0.2) is 25.5 Å². The van der Waals surface area contributed by atoms with Crippen LogP contribution >= 0.6 is 0 Å². The van der Waals surface area contributed by atoms with E-state index in [0.29, 0.717) is 18.3 Å². The molecular weight excluding hydrogens is 248 g/mol. The maximum Gasteiger partial charge on any atom is 0.220 e. The summed E-state index contributed by atoms with van der Waals surface area (Å²) in [6, 6.07) is 8.64. The third kappa shape index (κ3) is 3.40. The smallest absolute Gasteiger partial charge is 0.220 e. The van der Waals surface area contributed by atoms with Crippen LogP contribution in [0.1, 0.15) is 30.4 Å². The van der Waals surface area contributed by atoms with Gasteiger partial charge in [0.15, 0.2) is 0 Å². The number of carbonyl (C=O) groups is 1. The van der Waals surface area contributed by atoms with Gasteiger partial charge >= 0.3 is 0 Å². The predicted octanol–water partition coefficient (Wildman–Crippen LogP) is 1.91. The number of hydrogen-bond acceptors (Lipinski definition) is 2. The molecule has 2 aliphatic rings. The quantitative estimate of drug-likeness (QED) is 0.859. The number of rotatable bonds is 5. The van der Waals surface area contributed by atoms with Crippen molar-refractivity contribution < 1.29 is 4.79 Å². The van der Waals surface area contributed by atoms with Gasteiger partial charge in [0.05, 0.1) is 0 Å². The van der Waals surface area contributed by atoms with Gasteiger partial charge in [-0.15, -0.1) is 0 Å². The fourth-order valence-electron chi connectivity index (χ4n) is 3.44. The van der Waals surface area contributed by atoms with Crippen molar-refractivity contribution in [3.63, 3.8) is 0 Å². The molecule has 1 amide bonds. The van der Waals surface area contributed by atoms with Crippen molar-refractivity contribution in [2.24, 2.45) is 11.8 Å². The molecule has 1 atom stereocenters. The highest BCUT2D eigenvalue weighted by Crippen LogP contribution is 2.25. The summed E-state index contributed by atoms with van der Waals surface area (Å²) in [6.45, 7) is 3.04. The Bertz CT molecular complexity index is 441. The van der Waals surface area contributed by atoms with Gasteiger partial charge in [-0.3, -0.25) is 4.79 Å². The predicted molar refractivity (Wildman–Crippen MR) is 80.6 cm³/mol. The maximum absolute atomic E-state index is 11.9. The van der Waals surface area contributed by atoms with Gasteiger partial charge in [0.2, 0.25) is 5.91 Å². The summed E-state index contributed by atoms with van der Waals surface area (Å²) in [5.74, 6) is 1.52. The Morgan fingerprint density at radius 2 is 1.95 bits per heavy atom. The number of hydrogen-bond donors (Lipinski definition) is 2. The highest BCUT2D eigenvalue weighted by atomic mass is 16.1. The molecule has 20 heavy (non-hydrogen) atoms. The van der Waals surface area contributed by atoms with Crippen molar-refractivity contribution in [3.05, 3.63) is 35.4 Å². The fraction of sp³-hybridized carbons (Fsp3) is 0.588. The Kier molecular flexibility index (Phi) is 4.36. The first-order chi connectivity index (χ1) is 9.81. The molecule has 1 aromatic rings. The minimum absolute atomic E-state index is 0.229. The zero-order chi connectivity index (χ0) is 13.8. The summed E-state index contributed by atoms with van der Waals surface area (Å²) in [4.78, 5) is 11.9. The van der Waals surface area contributed by atoms with Crippen LogP contribution in [-0.2, 0) is 17.6 Å². The molecular formula is C17H24N2O. The van der Waals surface area contributed by atoms with E-state index in [9.17, 15) is 4.79 Å². The monoisotopic (exact) mass is 272 g/mol. The third-order valence-corrected chi connectivity index (χ3v) is 4.67. The van der Waals surface area contributed by atoms with Gasteiger partial charge < -0.3 is 10.6 Å². The van der Waals surface area contributed by atoms with Crippen LogP contribution in [0.5, 0.6) is 0 Å². The van der Waals surface area contributed by atoms with Crippen LogP contribution in [0.15, 0.2) is 24.3 Å². The molecule has 108 valence electrons.